The molecule has 0 amide bonds. The Hall–Kier alpha value is -0.900. The van der Waals surface area contributed by atoms with Crippen molar-refractivity contribution in [3.05, 3.63) is 35.9 Å². The third kappa shape index (κ3) is 3.56. The van der Waals surface area contributed by atoms with Crippen LogP contribution in [0.5, 0.6) is 0 Å². The SMILES string of the molecule is CC(CN)(CN1CCCC(CO)C1)c1ccccc1. The summed E-state index contributed by atoms with van der Waals surface area (Å²) in [6, 6.07) is 10.5. The van der Waals surface area contributed by atoms with Gasteiger partial charge in [-0.1, -0.05) is 37.3 Å². The fourth-order valence-electron chi connectivity index (χ4n) is 3.05. The maximum atomic E-state index is 9.33. The van der Waals surface area contributed by atoms with Crippen LogP contribution < -0.4 is 5.73 Å². The second-order valence-corrected chi connectivity index (χ2v) is 6.06. The number of aliphatic hydroxyl groups excluding tert-OH is 1. The number of aliphatic hydroxyl groups is 1. The number of likely N-dealkylation sites (tertiary alicyclic amines) is 1. The molecule has 19 heavy (non-hydrogen) atoms. The van der Waals surface area contributed by atoms with Crippen molar-refractivity contribution in [2.45, 2.75) is 25.2 Å². The van der Waals surface area contributed by atoms with E-state index < -0.39 is 0 Å². The molecule has 0 aromatic heterocycles. The lowest BCUT2D eigenvalue weighted by molar-refractivity contribution is 0.104. The zero-order valence-corrected chi connectivity index (χ0v) is 11.9. The largest absolute Gasteiger partial charge is 0.396 e. The molecule has 0 radical (unpaired) electrons. The van der Waals surface area contributed by atoms with Gasteiger partial charge < -0.3 is 15.7 Å². The Bertz CT molecular complexity index is 382. The first-order chi connectivity index (χ1) is 9.18. The van der Waals surface area contributed by atoms with E-state index in [0.717, 1.165) is 26.1 Å². The first-order valence-electron chi connectivity index (χ1n) is 7.27. The van der Waals surface area contributed by atoms with Crippen molar-refractivity contribution in [2.75, 3.05) is 32.8 Å². The zero-order chi connectivity index (χ0) is 13.7. The highest BCUT2D eigenvalue weighted by molar-refractivity contribution is 5.25. The lowest BCUT2D eigenvalue weighted by Crippen LogP contribution is -2.47. The Morgan fingerprint density at radius 2 is 2.11 bits per heavy atom. The van der Waals surface area contributed by atoms with E-state index in [4.69, 9.17) is 5.73 Å². The van der Waals surface area contributed by atoms with Gasteiger partial charge in [-0.25, -0.2) is 0 Å². The molecule has 1 aliphatic heterocycles. The molecular formula is C16H26N2O. The molecule has 3 nitrogen and oxygen atoms in total. The number of piperidine rings is 1. The Labute approximate surface area is 116 Å². The molecule has 1 saturated heterocycles. The summed E-state index contributed by atoms with van der Waals surface area (Å²) in [6.45, 7) is 6.30. The number of nitrogens with two attached hydrogens (primary N) is 1. The minimum absolute atomic E-state index is 0.00138. The van der Waals surface area contributed by atoms with Crippen molar-refractivity contribution >= 4 is 0 Å². The van der Waals surface area contributed by atoms with Crippen LogP contribution in [0.25, 0.3) is 0 Å². The number of nitrogens with zero attached hydrogens (tertiary/aromatic N) is 1. The minimum atomic E-state index is -0.00138. The number of benzene rings is 1. The maximum Gasteiger partial charge on any atom is 0.0471 e. The predicted octanol–water partition coefficient (Wildman–Crippen LogP) is 1.61. The van der Waals surface area contributed by atoms with E-state index in [1.165, 1.54) is 12.0 Å². The summed E-state index contributed by atoms with van der Waals surface area (Å²) in [5, 5.41) is 9.33. The van der Waals surface area contributed by atoms with Crippen LogP contribution >= 0.6 is 0 Å². The summed E-state index contributed by atoms with van der Waals surface area (Å²) in [6.07, 6.45) is 2.33. The fraction of sp³-hybridized carbons (Fsp3) is 0.625. The first-order valence-corrected chi connectivity index (χ1v) is 7.27. The third-order valence-electron chi connectivity index (χ3n) is 4.36. The van der Waals surface area contributed by atoms with Crippen LogP contribution in [0, 0.1) is 5.92 Å². The molecular weight excluding hydrogens is 236 g/mol. The Kier molecular flexibility index (Phi) is 4.97. The topological polar surface area (TPSA) is 49.5 Å². The van der Waals surface area contributed by atoms with E-state index in [1.54, 1.807) is 0 Å². The highest BCUT2D eigenvalue weighted by Gasteiger charge is 2.30. The van der Waals surface area contributed by atoms with Gasteiger partial charge in [0.05, 0.1) is 0 Å². The number of hydrogen-bond donors (Lipinski definition) is 2. The molecule has 0 bridgehead atoms. The van der Waals surface area contributed by atoms with Crippen LogP contribution in [-0.4, -0.2) is 42.8 Å². The molecule has 1 heterocycles. The number of hydrogen-bond acceptors (Lipinski definition) is 3. The minimum Gasteiger partial charge on any atom is -0.396 e. The average molecular weight is 262 g/mol. The quantitative estimate of drug-likeness (QED) is 0.847. The summed E-state index contributed by atoms with van der Waals surface area (Å²) in [4.78, 5) is 2.46. The van der Waals surface area contributed by atoms with Crippen molar-refractivity contribution < 1.29 is 5.11 Å². The van der Waals surface area contributed by atoms with Gasteiger partial charge in [0.15, 0.2) is 0 Å². The van der Waals surface area contributed by atoms with Crippen LogP contribution in [0.2, 0.25) is 0 Å². The highest BCUT2D eigenvalue weighted by atomic mass is 16.3. The van der Waals surface area contributed by atoms with Gasteiger partial charge >= 0.3 is 0 Å². The van der Waals surface area contributed by atoms with E-state index in [2.05, 4.69) is 36.1 Å². The van der Waals surface area contributed by atoms with E-state index in [1.807, 2.05) is 6.07 Å². The van der Waals surface area contributed by atoms with Gasteiger partial charge in [0.1, 0.15) is 0 Å². The molecule has 0 saturated carbocycles. The van der Waals surface area contributed by atoms with Gasteiger partial charge in [-0.05, 0) is 30.9 Å². The third-order valence-corrected chi connectivity index (χ3v) is 4.36. The van der Waals surface area contributed by atoms with Crippen LogP contribution in [0.3, 0.4) is 0 Å². The number of rotatable bonds is 5. The van der Waals surface area contributed by atoms with Gasteiger partial charge in [-0.15, -0.1) is 0 Å². The maximum absolute atomic E-state index is 9.33. The van der Waals surface area contributed by atoms with Crippen molar-refractivity contribution in [3.63, 3.8) is 0 Å². The van der Waals surface area contributed by atoms with Gasteiger partial charge in [0, 0.05) is 31.7 Å². The molecule has 1 aromatic carbocycles. The highest BCUT2D eigenvalue weighted by Crippen LogP contribution is 2.26. The van der Waals surface area contributed by atoms with Crippen molar-refractivity contribution in [2.24, 2.45) is 11.7 Å². The second kappa shape index (κ2) is 6.51. The molecule has 0 aliphatic carbocycles. The fourth-order valence-corrected chi connectivity index (χ4v) is 3.05. The monoisotopic (exact) mass is 262 g/mol. The molecule has 106 valence electrons. The summed E-state index contributed by atoms with van der Waals surface area (Å²) in [5.74, 6) is 0.437. The van der Waals surface area contributed by atoms with Gasteiger partial charge in [0.25, 0.3) is 0 Å². The lowest BCUT2D eigenvalue weighted by Gasteiger charge is -2.39. The molecule has 1 aliphatic rings. The van der Waals surface area contributed by atoms with E-state index in [-0.39, 0.29) is 5.41 Å². The lowest BCUT2D eigenvalue weighted by atomic mass is 9.81. The van der Waals surface area contributed by atoms with Crippen LogP contribution in [0.4, 0.5) is 0 Å². The van der Waals surface area contributed by atoms with Crippen molar-refractivity contribution in [1.82, 2.24) is 4.90 Å². The molecule has 1 aromatic rings. The standard InChI is InChI=1S/C16H26N2O/c1-16(12-17,15-7-3-2-4-8-15)13-18-9-5-6-14(10-18)11-19/h2-4,7-8,14,19H,5-6,9-13,17H2,1H3. The Morgan fingerprint density at radius 1 is 1.37 bits per heavy atom. The summed E-state index contributed by atoms with van der Waals surface area (Å²) in [5.41, 5.74) is 7.35. The summed E-state index contributed by atoms with van der Waals surface area (Å²) < 4.78 is 0. The van der Waals surface area contributed by atoms with E-state index in [9.17, 15) is 5.11 Å². The molecule has 2 rings (SSSR count). The molecule has 0 spiro atoms. The second-order valence-electron chi connectivity index (χ2n) is 6.06. The Morgan fingerprint density at radius 3 is 2.74 bits per heavy atom. The van der Waals surface area contributed by atoms with Crippen LogP contribution in [-0.2, 0) is 5.41 Å². The van der Waals surface area contributed by atoms with E-state index >= 15 is 0 Å². The van der Waals surface area contributed by atoms with Crippen LogP contribution in [0.15, 0.2) is 30.3 Å². The summed E-state index contributed by atoms with van der Waals surface area (Å²) in [7, 11) is 0. The smallest absolute Gasteiger partial charge is 0.0471 e. The van der Waals surface area contributed by atoms with Gasteiger partial charge in [-0.2, -0.15) is 0 Å². The normalized spacial score (nSPS) is 24.1. The van der Waals surface area contributed by atoms with Gasteiger partial charge in [-0.3, -0.25) is 0 Å². The van der Waals surface area contributed by atoms with Crippen LogP contribution in [0.1, 0.15) is 25.3 Å². The molecule has 3 N–H and O–H groups in total. The van der Waals surface area contributed by atoms with Gasteiger partial charge in [0.2, 0.25) is 0 Å². The Balaban J connectivity index is 2.06. The molecule has 2 atom stereocenters. The first kappa shape index (κ1) is 14.5. The molecule has 1 fully saturated rings. The average Bonchev–Trinajstić information content (AvgIpc) is 2.48. The van der Waals surface area contributed by atoms with Crippen molar-refractivity contribution in [1.29, 1.82) is 0 Å². The molecule has 3 heteroatoms. The summed E-state index contributed by atoms with van der Waals surface area (Å²) >= 11 is 0. The predicted molar refractivity (Wildman–Crippen MR) is 79.1 cm³/mol. The molecule has 2 unspecified atom stereocenters. The van der Waals surface area contributed by atoms with E-state index in [0.29, 0.717) is 19.1 Å². The van der Waals surface area contributed by atoms with Crippen molar-refractivity contribution in [3.8, 4) is 0 Å². The zero-order valence-electron chi connectivity index (χ0n) is 11.9.